The second-order valence-electron chi connectivity index (χ2n) is 5.20. The molecule has 1 aliphatic carbocycles. The van der Waals surface area contributed by atoms with E-state index in [1.54, 1.807) is 13.2 Å². The van der Waals surface area contributed by atoms with Gasteiger partial charge in [-0.1, -0.05) is 0 Å². The Labute approximate surface area is 116 Å². The number of hydrogen-bond donors (Lipinski definition) is 2. The molecule has 106 valence electrons. The SMILES string of the molecule is CNc1nc(NCC2(Cn3cccn3)CC2)ncc1F. The van der Waals surface area contributed by atoms with Gasteiger partial charge in [-0.3, -0.25) is 4.68 Å². The number of anilines is 2. The summed E-state index contributed by atoms with van der Waals surface area (Å²) in [4.78, 5) is 8.04. The molecule has 0 spiro atoms. The molecule has 6 nitrogen and oxygen atoms in total. The van der Waals surface area contributed by atoms with Crippen molar-refractivity contribution >= 4 is 11.8 Å². The molecule has 0 bridgehead atoms. The second-order valence-corrected chi connectivity index (χ2v) is 5.20. The average Bonchev–Trinajstić information content (AvgIpc) is 3.02. The molecule has 2 aromatic rings. The Morgan fingerprint density at radius 2 is 2.30 bits per heavy atom. The number of aromatic nitrogens is 4. The summed E-state index contributed by atoms with van der Waals surface area (Å²) >= 11 is 0. The molecule has 0 atom stereocenters. The molecule has 0 radical (unpaired) electrons. The van der Waals surface area contributed by atoms with Gasteiger partial charge < -0.3 is 10.6 Å². The fourth-order valence-electron chi connectivity index (χ4n) is 2.20. The van der Waals surface area contributed by atoms with Gasteiger partial charge in [0.1, 0.15) is 0 Å². The minimum absolute atomic E-state index is 0.208. The highest BCUT2D eigenvalue weighted by atomic mass is 19.1. The maximum Gasteiger partial charge on any atom is 0.224 e. The van der Waals surface area contributed by atoms with E-state index in [9.17, 15) is 4.39 Å². The van der Waals surface area contributed by atoms with Gasteiger partial charge in [0, 0.05) is 37.9 Å². The summed E-state index contributed by atoms with van der Waals surface area (Å²) in [6, 6.07) is 1.92. The van der Waals surface area contributed by atoms with Crippen molar-refractivity contribution in [1.82, 2.24) is 19.7 Å². The highest BCUT2D eigenvalue weighted by molar-refractivity contribution is 5.40. The zero-order chi connectivity index (χ0) is 14.0. The Morgan fingerprint density at radius 3 is 2.95 bits per heavy atom. The normalized spacial score (nSPS) is 15.9. The molecule has 0 unspecified atom stereocenters. The first-order valence-corrected chi connectivity index (χ1v) is 6.62. The van der Waals surface area contributed by atoms with Gasteiger partial charge in [-0.05, 0) is 18.9 Å². The topological polar surface area (TPSA) is 67.7 Å². The number of halogens is 1. The molecule has 0 aliphatic heterocycles. The molecule has 20 heavy (non-hydrogen) atoms. The molecular weight excluding hydrogens is 259 g/mol. The van der Waals surface area contributed by atoms with Crippen LogP contribution in [0.15, 0.2) is 24.7 Å². The van der Waals surface area contributed by atoms with Crippen LogP contribution in [0.25, 0.3) is 0 Å². The van der Waals surface area contributed by atoms with Gasteiger partial charge in [0.05, 0.1) is 6.20 Å². The van der Waals surface area contributed by atoms with Crippen LogP contribution >= 0.6 is 0 Å². The number of nitrogens with zero attached hydrogens (tertiary/aromatic N) is 4. The molecule has 3 rings (SSSR count). The van der Waals surface area contributed by atoms with Gasteiger partial charge in [-0.15, -0.1) is 0 Å². The summed E-state index contributed by atoms with van der Waals surface area (Å²) in [7, 11) is 1.63. The van der Waals surface area contributed by atoms with Crippen molar-refractivity contribution in [3.8, 4) is 0 Å². The predicted molar refractivity (Wildman–Crippen MR) is 73.9 cm³/mol. The predicted octanol–water partition coefficient (Wildman–Crippen LogP) is 1.75. The van der Waals surface area contributed by atoms with E-state index < -0.39 is 5.82 Å². The van der Waals surface area contributed by atoms with Crippen LogP contribution in [-0.2, 0) is 6.54 Å². The Balaban J connectivity index is 1.62. The molecular formula is C13H17FN6. The molecule has 2 N–H and O–H groups in total. The number of hydrogen-bond acceptors (Lipinski definition) is 5. The van der Waals surface area contributed by atoms with Crippen LogP contribution in [-0.4, -0.2) is 33.3 Å². The first kappa shape index (κ1) is 12.8. The molecule has 2 heterocycles. The third-order valence-electron chi connectivity index (χ3n) is 3.62. The van der Waals surface area contributed by atoms with Crippen molar-refractivity contribution in [3.63, 3.8) is 0 Å². The van der Waals surface area contributed by atoms with Crippen LogP contribution in [0.3, 0.4) is 0 Å². The van der Waals surface area contributed by atoms with Gasteiger partial charge >= 0.3 is 0 Å². The summed E-state index contributed by atoms with van der Waals surface area (Å²) in [5.41, 5.74) is 0.212. The quantitative estimate of drug-likeness (QED) is 0.841. The summed E-state index contributed by atoms with van der Waals surface area (Å²) < 4.78 is 15.2. The Kier molecular flexibility index (Phi) is 3.25. The maximum absolute atomic E-state index is 13.3. The lowest BCUT2D eigenvalue weighted by Crippen LogP contribution is -2.22. The zero-order valence-corrected chi connectivity index (χ0v) is 11.3. The van der Waals surface area contributed by atoms with Gasteiger partial charge in [-0.2, -0.15) is 10.1 Å². The molecule has 2 aromatic heterocycles. The highest BCUT2D eigenvalue weighted by Crippen LogP contribution is 2.46. The molecule has 1 saturated carbocycles. The van der Waals surface area contributed by atoms with E-state index in [-0.39, 0.29) is 11.2 Å². The first-order chi connectivity index (χ1) is 9.71. The van der Waals surface area contributed by atoms with E-state index in [1.807, 2.05) is 16.9 Å². The zero-order valence-electron chi connectivity index (χ0n) is 11.3. The second kappa shape index (κ2) is 5.07. The van der Waals surface area contributed by atoms with Gasteiger partial charge in [0.2, 0.25) is 5.95 Å². The lowest BCUT2D eigenvalue weighted by atomic mass is 10.1. The van der Waals surface area contributed by atoms with Gasteiger partial charge in [0.15, 0.2) is 11.6 Å². The van der Waals surface area contributed by atoms with Crippen LogP contribution in [0.2, 0.25) is 0 Å². The summed E-state index contributed by atoms with van der Waals surface area (Å²) in [5.74, 6) is 0.206. The monoisotopic (exact) mass is 276 g/mol. The minimum Gasteiger partial charge on any atom is -0.371 e. The Morgan fingerprint density at radius 1 is 1.45 bits per heavy atom. The van der Waals surface area contributed by atoms with E-state index in [0.29, 0.717) is 5.95 Å². The summed E-state index contributed by atoms with van der Waals surface area (Å²) in [6.07, 6.45) is 7.23. The molecule has 0 saturated heterocycles. The fraction of sp³-hybridized carbons (Fsp3) is 0.462. The van der Waals surface area contributed by atoms with Crippen molar-refractivity contribution in [2.75, 3.05) is 24.2 Å². The number of rotatable bonds is 6. The van der Waals surface area contributed by atoms with Crippen LogP contribution in [0, 0.1) is 11.2 Å². The van der Waals surface area contributed by atoms with E-state index >= 15 is 0 Å². The first-order valence-electron chi connectivity index (χ1n) is 6.62. The van der Waals surface area contributed by atoms with Crippen LogP contribution in [0.1, 0.15) is 12.8 Å². The van der Waals surface area contributed by atoms with Crippen molar-refractivity contribution in [2.45, 2.75) is 19.4 Å². The Bertz CT molecular complexity index is 579. The van der Waals surface area contributed by atoms with Gasteiger partial charge in [0.25, 0.3) is 0 Å². The third-order valence-corrected chi connectivity index (χ3v) is 3.62. The average molecular weight is 276 g/mol. The van der Waals surface area contributed by atoms with Crippen LogP contribution < -0.4 is 10.6 Å². The largest absolute Gasteiger partial charge is 0.371 e. The van der Waals surface area contributed by atoms with E-state index in [2.05, 4.69) is 25.7 Å². The fourth-order valence-corrected chi connectivity index (χ4v) is 2.20. The van der Waals surface area contributed by atoms with Crippen LogP contribution in [0.4, 0.5) is 16.2 Å². The van der Waals surface area contributed by atoms with Crippen molar-refractivity contribution in [1.29, 1.82) is 0 Å². The molecule has 7 heteroatoms. The number of nitrogens with one attached hydrogen (secondary N) is 2. The van der Waals surface area contributed by atoms with Crippen molar-refractivity contribution in [3.05, 3.63) is 30.5 Å². The smallest absolute Gasteiger partial charge is 0.224 e. The molecule has 1 aliphatic rings. The maximum atomic E-state index is 13.3. The van der Waals surface area contributed by atoms with E-state index in [1.165, 1.54) is 6.20 Å². The lowest BCUT2D eigenvalue weighted by molar-refractivity contribution is 0.415. The Hall–Kier alpha value is -2.18. The lowest BCUT2D eigenvalue weighted by Gasteiger charge is -2.16. The highest BCUT2D eigenvalue weighted by Gasteiger charge is 2.43. The third kappa shape index (κ3) is 2.71. The van der Waals surface area contributed by atoms with Crippen molar-refractivity contribution < 1.29 is 4.39 Å². The minimum atomic E-state index is -0.448. The molecule has 1 fully saturated rings. The van der Waals surface area contributed by atoms with Crippen LogP contribution in [0.5, 0.6) is 0 Å². The van der Waals surface area contributed by atoms with Crippen molar-refractivity contribution in [2.24, 2.45) is 5.41 Å². The summed E-state index contributed by atoms with van der Waals surface area (Å²) in [5, 5.41) is 10.1. The standard InChI is InChI=1S/C13H17FN6/c1-15-11-10(14)7-16-12(19-11)17-8-13(3-4-13)9-20-6-2-5-18-20/h2,5-7H,3-4,8-9H2,1H3,(H2,15,16,17,19). The molecule has 0 aromatic carbocycles. The summed E-state index contributed by atoms with van der Waals surface area (Å²) in [6.45, 7) is 1.65. The van der Waals surface area contributed by atoms with E-state index in [4.69, 9.17) is 0 Å². The van der Waals surface area contributed by atoms with Gasteiger partial charge in [-0.25, -0.2) is 9.37 Å². The van der Waals surface area contributed by atoms with E-state index in [0.717, 1.165) is 25.9 Å². The molecule has 0 amide bonds.